The van der Waals surface area contributed by atoms with Crippen LogP contribution in [-0.2, 0) is 6.54 Å². The molecule has 0 fully saturated rings. The molecule has 3 heterocycles. The van der Waals surface area contributed by atoms with Gasteiger partial charge in [0.15, 0.2) is 11.6 Å². The summed E-state index contributed by atoms with van der Waals surface area (Å²) in [5.74, 6) is -1.40. The zero-order chi connectivity index (χ0) is 16.7. The summed E-state index contributed by atoms with van der Waals surface area (Å²) in [5, 5.41) is 3.10. The van der Waals surface area contributed by atoms with E-state index in [2.05, 4.69) is 20.3 Å². The maximum Gasteiger partial charge on any atom is 0.161 e. The van der Waals surface area contributed by atoms with E-state index in [1.165, 1.54) is 6.20 Å². The summed E-state index contributed by atoms with van der Waals surface area (Å²) >= 11 is 0. The highest BCUT2D eigenvalue weighted by molar-refractivity contribution is 5.75. The second kappa shape index (κ2) is 5.52. The van der Waals surface area contributed by atoms with E-state index < -0.39 is 11.6 Å². The Morgan fingerprint density at radius 3 is 2.67 bits per heavy atom. The summed E-state index contributed by atoms with van der Waals surface area (Å²) in [4.78, 5) is 12.9. The summed E-state index contributed by atoms with van der Waals surface area (Å²) in [6, 6.07) is 7.97. The number of benzene rings is 1. The van der Waals surface area contributed by atoms with E-state index >= 15 is 0 Å². The first-order chi connectivity index (χ1) is 11.6. The van der Waals surface area contributed by atoms with E-state index in [9.17, 15) is 8.78 Å². The fraction of sp³-hybridized carbons (Fsp3) is 0.118. The quantitative estimate of drug-likeness (QED) is 0.626. The second-order valence-corrected chi connectivity index (χ2v) is 5.49. The van der Waals surface area contributed by atoms with Gasteiger partial charge in [-0.05, 0) is 19.1 Å². The van der Waals surface area contributed by atoms with Crippen molar-refractivity contribution < 1.29 is 8.78 Å². The Bertz CT molecular complexity index is 1060. The Kier molecular flexibility index (Phi) is 3.34. The number of nitrogens with zero attached hydrogens (tertiary/aromatic N) is 4. The predicted molar refractivity (Wildman–Crippen MR) is 86.7 cm³/mol. The Hall–Kier alpha value is -3.09. The number of halogens is 2. The van der Waals surface area contributed by atoms with E-state index in [1.807, 2.05) is 35.7 Å². The Morgan fingerprint density at radius 2 is 1.88 bits per heavy atom. The number of anilines is 1. The molecular weight excluding hydrogens is 312 g/mol. The van der Waals surface area contributed by atoms with Gasteiger partial charge in [0.25, 0.3) is 0 Å². The maximum absolute atomic E-state index is 13.3. The summed E-state index contributed by atoms with van der Waals surface area (Å²) in [6.07, 6.45) is 3.43. The number of hydrogen-bond donors (Lipinski definition) is 1. The van der Waals surface area contributed by atoms with E-state index in [0.29, 0.717) is 23.4 Å². The van der Waals surface area contributed by atoms with Crippen LogP contribution in [0.1, 0.15) is 11.4 Å². The number of hydrogen-bond acceptors (Lipinski definition) is 4. The smallest absolute Gasteiger partial charge is 0.161 e. The van der Waals surface area contributed by atoms with Crippen molar-refractivity contribution in [2.24, 2.45) is 0 Å². The predicted octanol–water partition coefficient (Wildman–Crippen LogP) is 3.48. The molecule has 0 unspecified atom stereocenters. The van der Waals surface area contributed by atoms with Crippen LogP contribution in [0, 0.1) is 18.6 Å². The normalized spacial score (nSPS) is 11.3. The number of fused-ring (bicyclic) bond motifs is 2. The highest BCUT2D eigenvalue weighted by Crippen LogP contribution is 2.17. The molecule has 0 spiro atoms. The largest absolute Gasteiger partial charge is 0.363 e. The van der Waals surface area contributed by atoms with E-state index in [1.54, 1.807) is 0 Å². The van der Waals surface area contributed by atoms with Crippen LogP contribution >= 0.6 is 0 Å². The topological polar surface area (TPSA) is 55.1 Å². The van der Waals surface area contributed by atoms with Crippen molar-refractivity contribution in [2.75, 3.05) is 5.32 Å². The molecule has 4 rings (SSSR count). The number of nitrogens with one attached hydrogen (secondary N) is 1. The molecule has 0 radical (unpaired) electrons. The molecule has 120 valence electrons. The molecule has 3 aromatic heterocycles. The van der Waals surface area contributed by atoms with Crippen LogP contribution in [0.2, 0.25) is 0 Å². The minimum atomic E-state index is -0.940. The number of imidazole rings is 1. The van der Waals surface area contributed by atoms with Crippen molar-refractivity contribution >= 4 is 22.5 Å². The van der Waals surface area contributed by atoms with Crippen molar-refractivity contribution in [3.8, 4) is 0 Å². The SMILES string of the molecule is Cc1cccc2nc(CNc3cnc4cc(F)c(F)cc4n3)cn12. The van der Waals surface area contributed by atoms with Crippen molar-refractivity contribution in [2.45, 2.75) is 13.5 Å². The van der Waals surface area contributed by atoms with Gasteiger partial charge in [0, 0.05) is 24.0 Å². The Morgan fingerprint density at radius 1 is 1.08 bits per heavy atom. The minimum absolute atomic E-state index is 0.296. The van der Waals surface area contributed by atoms with Crippen molar-refractivity contribution in [1.82, 2.24) is 19.4 Å². The average molecular weight is 325 g/mol. The summed E-state index contributed by atoms with van der Waals surface area (Å²) < 4.78 is 28.5. The zero-order valence-corrected chi connectivity index (χ0v) is 12.8. The second-order valence-electron chi connectivity index (χ2n) is 5.49. The molecule has 0 atom stereocenters. The molecular formula is C17H13F2N5. The molecule has 1 N–H and O–H groups in total. The molecule has 0 amide bonds. The fourth-order valence-electron chi connectivity index (χ4n) is 2.56. The lowest BCUT2D eigenvalue weighted by Crippen LogP contribution is -2.02. The zero-order valence-electron chi connectivity index (χ0n) is 12.8. The van der Waals surface area contributed by atoms with Gasteiger partial charge in [0.1, 0.15) is 11.5 Å². The molecule has 4 aromatic rings. The number of rotatable bonds is 3. The van der Waals surface area contributed by atoms with Gasteiger partial charge in [-0.3, -0.25) is 4.98 Å². The third-order valence-electron chi connectivity index (χ3n) is 3.78. The number of pyridine rings is 1. The number of aromatic nitrogens is 4. The Labute approximate surface area is 136 Å². The van der Waals surface area contributed by atoms with E-state index in [4.69, 9.17) is 0 Å². The highest BCUT2D eigenvalue weighted by Gasteiger charge is 2.08. The van der Waals surface area contributed by atoms with Crippen LogP contribution in [0.5, 0.6) is 0 Å². The van der Waals surface area contributed by atoms with Crippen LogP contribution in [0.4, 0.5) is 14.6 Å². The van der Waals surface area contributed by atoms with Crippen molar-refractivity contribution in [1.29, 1.82) is 0 Å². The summed E-state index contributed by atoms with van der Waals surface area (Å²) in [6.45, 7) is 2.46. The minimum Gasteiger partial charge on any atom is -0.363 e. The highest BCUT2D eigenvalue weighted by atomic mass is 19.2. The van der Waals surface area contributed by atoms with Gasteiger partial charge >= 0.3 is 0 Å². The van der Waals surface area contributed by atoms with Gasteiger partial charge in [0.2, 0.25) is 0 Å². The van der Waals surface area contributed by atoms with Gasteiger partial charge in [-0.2, -0.15) is 0 Å². The van der Waals surface area contributed by atoms with E-state index in [0.717, 1.165) is 29.2 Å². The monoisotopic (exact) mass is 325 g/mol. The Balaban J connectivity index is 1.59. The first-order valence-electron chi connectivity index (χ1n) is 7.39. The van der Waals surface area contributed by atoms with Gasteiger partial charge in [-0.25, -0.2) is 18.7 Å². The maximum atomic E-state index is 13.3. The molecule has 5 nitrogen and oxygen atoms in total. The summed E-state index contributed by atoms with van der Waals surface area (Å²) in [5.41, 5.74) is 3.41. The molecule has 0 aliphatic rings. The van der Waals surface area contributed by atoms with Gasteiger partial charge < -0.3 is 9.72 Å². The molecule has 0 bridgehead atoms. The van der Waals surface area contributed by atoms with Gasteiger partial charge in [0.05, 0.1) is 29.5 Å². The lowest BCUT2D eigenvalue weighted by atomic mass is 10.3. The lowest BCUT2D eigenvalue weighted by molar-refractivity contribution is 0.510. The van der Waals surface area contributed by atoms with E-state index in [-0.39, 0.29) is 0 Å². The van der Waals surface area contributed by atoms with Crippen molar-refractivity contribution in [3.05, 3.63) is 65.7 Å². The van der Waals surface area contributed by atoms with Crippen LogP contribution in [-0.4, -0.2) is 19.4 Å². The average Bonchev–Trinajstić information content (AvgIpc) is 2.99. The molecule has 24 heavy (non-hydrogen) atoms. The third kappa shape index (κ3) is 2.54. The van der Waals surface area contributed by atoms with Crippen LogP contribution in [0.3, 0.4) is 0 Å². The molecule has 0 aliphatic heterocycles. The fourth-order valence-corrected chi connectivity index (χ4v) is 2.56. The standard InChI is InChI=1S/C17H13F2N5/c1-10-3-2-4-17-22-11(9-24(10)17)7-21-16-8-20-14-5-12(18)13(19)6-15(14)23-16/h2-6,8-9H,7H2,1H3,(H,21,23). The van der Waals surface area contributed by atoms with Crippen LogP contribution < -0.4 is 5.32 Å². The summed E-state index contributed by atoms with van der Waals surface area (Å²) in [7, 11) is 0. The molecule has 0 saturated carbocycles. The van der Waals surface area contributed by atoms with Gasteiger partial charge in [-0.15, -0.1) is 0 Å². The van der Waals surface area contributed by atoms with Crippen LogP contribution in [0.25, 0.3) is 16.7 Å². The van der Waals surface area contributed by atoms with Crippen molar-refractivity contribution in [3.63, 3.8) is 0 Å². The number of aryl methyl sites for hydroxylation is 1. The third-order valence-corrected chi connectivity index (χ3v) is 3.78. The first-order valence-corrected chi connectivity index (χ1v) is 7.39. The lowest BCUT2D eigenvalue weighted by Gasteiger charge is -2.05. The molecule has 1 aromatic carbocycles. The molecule has 0 aliphatic carbocycles. The van der Waals surface area contributed by atoms with Gasteiger partial charge in [-0.1, -0.05) is 6.07 Å². The molecule has 7 heteroatoms. The first kappa shape index (κ1) is 14.5. The molecule has 0 saturated heterocycles. The van der Waals surface area contributed by atoms with Crippen LogP contribution in [0.15, 0.2) is 42.7 Å².